The van der Waals surface area contributed by atoms with E-state index in [0.29, 0.717) is 13.1 Å². The largest absolute Gasteiger partial charge is 0.508 e. The molecule has 17 heavy (non-hydrogen) atoms. The van der Waals surface area contributed by atoms with Crippen molar-refractivity contribution in [3.05, 3.63) is 29.8 Å². The molecule has 0 radical (unpaired) electrons. The third-order valence-electron chi connectivity index (χ3n) is 2.55. The van der Waals surface area contributed by atoms with E-state index < -0.39 is 9.84 Å². The molecule has 0 amide bonds. The molecule has 1 rings (SSSR count). The van der Waals surface area contributed by atoms with E-state index in [2.05, 4.69) is 5.32 Å². The third kappa shape index (κ3) is 4.75. The molecule has 0 aliphatic carbocycles. The lowest BCUT2D eigenvalue weighted by atomic mass is 10.2. The van der Waals surface area contributed by atoms with Gasteiger partial charge in [-0.3, -0.25) is 0 Å². The predicted octanol–water partition coefficient (Wildman–Crippen LogP) is 1.30. The van der Waals surface area contributed by atoms with Crippen LogP contribution in [0.25, 0.3) is 0 Å². The van der Waals surface area contributed by atoms with Crippen molar-refractivity contribution in [1.82, 2.24) is 5.32 Å². The zero-order chi connectivity index (χ0) is 12.9. The van der Waals surface area contributed by atoms with Crippen molar-refractivity contribution >= 4 is 9.84 Å². The molecule has 0 fully saturated rings. The van der Waals surface area contributed by atoms with Crippen LogP contribution in [0.4, 0.5) is 0 Å². The van der Waals surface area contributed by atoms with E-state index in [1.165, 1.54) is 0 Å². The monoisotopic (exact) mass is 257 g/mol. The molecule has 0 heterocycles. The molecule has 0 bridgehead atoms. The van der Waals surface area contributed by atoms with E-state index in [1.54, 1.807) is 38.1 Å². The Kier molecular flexibility index (Phi) is 4.96. The van der Waals surface area contributed by atoms with Gasteiger partial charge in [-0.2, -0.15) is 0 Å². The molecule has 0 aliphatic heterocycles. The van der Waals surface area contributed by atoms with Gasteiger partial charge in [-0.25, -0.2) is 8.42 Å². The number of sulfone groups is 1. The Labute approximate surface area is 103 Å². The molecule has 1 aromatic rings. The Morgan fingerprint density at radius 1 is 1.24 bits per heavy atom. The Morgan fingerprint density at radius 2 is 1.82 bits per heavy atom. The highest BCUT2D eigenvalue weighted by atomic mass is 32.2. The standard InChI is InChI=1S/C12H19NO3S/c1-10(2)17(15,16)8-7-13-9-11-3-5-12(14)6-4-11/h3-6,10,13-14H,7-9H2,1-2H3. The quantitative estimate of drug-likeness (QED) is 0.754. The number of aromatic hydroxyl groups is 1. The Hall–Kier alpha value is -1.07. The summed E-state index contributed by atoms with van der Waals surface area (Å²) < 4.78 is 23.0. The molecule has 0 spiro atoms. The van der Waals surface area contributed by atoms with Crippen molar-refractivity contribution in [2.45, 2.75) is 25.6 Å². The summed E-state index contributed by atoms with van der Waals surface area (Å²) in [4.78, 5) is 0. The fraction of sp³-hybridized carbons (Fsp3) is 0.500. The Morgan fingerprint density at radius 3 is 2.35 bits per heavy atom. The summed E-state index contributed by atoms with van der Waals surface area (Å²) in [5, 5.41) is 11.8. The third-order valence-corrected chi connectivity index (χ3v) is 4.76. The molecule has 5 heteroatoms. The van der Waals surface area contributed by atoms with Crippen LogP contribution in [0.5, 0.6) is 5.75 Å². The zero-order valence-electron chi connectivity index (χ0n) is 10.2. The van der Waals surface area contributed by atoms with E-state index in [4.69, 9.17) is 5.11 Å². The molecule has 0 atom stereocenters. The fourth-order valence-electron chi connectivity index (χ4n) is 1.30. The number of rotatable bonds is 6. The number of phenols is 1. The fourth-order valence-corrected chi connectivity index (χ4v) is 2.20. The molecule has 0 saturated carbocycles. The van der Waals surface area contributed by atoms with Crippen LogP contribution in [0.2, 0.25) is 0 Å². The molecule has 2 N–H and O–H groups in total. The van der Waals surface area contributed by atoms with Crippen molar-refractivity contribution < 1.29 is 13.5 Å². The van der Waals surface area contributed by atoms with Gasteiger partial charge in [0.1, 0.15) is 5.75 Å². The first-order valence-corrected chi connectivity index (χ1v) is 7.33. The minimum Gasteiger partial charge on any atom is -0.508 e. The summed E-state index contributed by atoms with van der Waals surface area (Å²) in [5.41, 5.74) is 1.02. The maximum absolute atomic E-state index is 11.5. The van der Waals surface area contributed by atoms with Crippen molar-refractivity contribution in [2.24, 2.45) is 0 Å². The van der Waals surface area contributed by atoms with Crippen LogP contribution in [0.15, 0.2) is 24.3 Å². The maximum atomic E-state index is 11.5. The van der Waals surface area contributed by atoms with Crippen LogP contribution in [0, 0.1) is 0 Å². The highest BCUT2D eigenvalue weighted by molar-refractivity contribution is 7.92. The van der Waals surface area contributed by atoms with E-state index >= 15 is 0 Å². The van der Waals surface area contributed by atoms with Gasteiger partial charge in [-0.15, -0.1) is 0 Å². The van der Waals surface area contributed by atoms with E-state index in [1.807, 2.05) is 0 Å². The zero-order valence-corrected chi connectivity index (χ0v) is 11.0. The lowest BCUT2D eigenvalue weighted by molar-refractivity contribution is 0.475. The van der Waals surface area contributed by atoms with Gasteiger partial charge in [0.25, 0.3) is 0 Å². The van der Waals surface area contributed by atoms with Gasteiger partial charge < -0.3 is 10.4 Å². The first-order chi connectivity index (χ1) is 7.92. The van der Waals surface area contributed by atoms with Gasteiger partial charge >= 0.3 is 0 Å². The SMILES string of the molecule is CC(C)S(=O)(=O)CCNCc1ccc(O)cc1. The highest BCUT2D eigenvalue weighted by Crippen LogP contribution is 2.09. The van der Waals surface area contributed by atoms with Gasteiger partial charge in [-0.05, 0) is 31.5 Å². The molecule has 0 saturated heterocycles. The summed E-state index contributed by atoms with van der Waals surface area (Å²) >= 11 is 0. The summed E-state index contributed by atoms with van der Waals surface area (Å²) in [6, 6.07) is 6.84. The van der Waals surface area contributed by atoms with Gasteiger partial charge in [0.2, 0.25) is 0 Å². The molecule has 4 nitrogen and oxygen atoms in total. The number of benzene rings is 1. The lowest BCUT2D eigenvalue weighted by Gasteiger charge is -2.08. The molecule has 1 aromatic carbocycles. The number of hydrogen-bond acceptors (Lipinski definition) is 4. The highest BCUT2D eigenvalue weighted by Gasteiger charge is 2.14. The summed E-state index contributed by atoms with van der Waals surface area (Å²) in [5.74, 6) is 0.388. The van der Waals surface area contributed by atoms with Crippen LogP contribution in [-0.4, -0.2) is 31.1 Å². The van der Waals surface area contributed by atoms with Crippen LogP contribution in [0.3, 0.4) is 0 Å². The van der Waals surface area contributed by atoms with Crippen molar-refractivity contribution in [3.63, 3.8) is 0 Å². The molecule has 0 aromatic heterocycles. The lowest BCUT2D eigenvalue weighted by Crippen LogP contribution is -2.26. The summed E-state index contributed by atoms with van der Waals surface area (Å²) in [6.45, 7) is 4.43. The number of hydrogen-bond donors (Lipinski definition) is 2. The number of phenolic OH excluding ortho intramolecular Hbond substituents is 1. The average Bonchev–Trinajstić information content (AvgIpc) is 2.26. The number of nitrogens with one attached hydrogen (secondary N) is 1. The normalized spacial score (nSPS) is 11.9. The van der Waals surface area contributed by atoms with Crippen LogP contribution >= 0.6 is 0 Å². The summed E-state index contributed by atoms with van der Waals surface area (Å²) in [6.07, 6.45) is 0. The first kappa shape index (κ1) is 14.0. The molecule has 0 aliphatic rings. The molecule has 0 unspecified atom stereocenters. The van der Waals surface area contributed by atoms with Gasteiger partial charge in [0.05, 0.1) is 11.0 Å². The van der Waals surface area contributed by atoms with E-state index in [0.717, 1.165) is 5.56 Å². The van der Waals surface area contributed by atoms with Crippen molar-refractivity contribution in [1.29, 1.82) is 0 Å². The second-order valence-corrected chi connectivity index (χ2v) is 6.94. The minimum atomic E-state index is -2.96. The second kappa shape index (κ2) is 6.02. The van der Waals surface area contributed by atoms with E-state index in [-0.39, 0.29) is 16.8 Å². The Balaban J connectivity index is 2.32. The molecule has 96 valence electrons. The van der Waals surface area contributed by atoms with Gasteiger partial charge in [0.15, 0.2) is 9.84 Å². The first-order valence-electron chi connectivity index (χ1n) is 5.62. The second-order valence-electron chi connectivity index (χ2n) is 4.26. The maximum Gasteiger partial charge on any atom is 0.153 e. The topological polar surface area (TPSA) is 66.4 Å². The molecular weight excluding hydrogens is 238 g/mol. The smallest absolute Gasteiger partial charge is 0.153 e. The van der Waals surface area contributed by atoms with E-state index in [9.17, 15) is 8.42 Å². The minimum absolute atomic E-state index is 0.156. The van der Waals surface area contributed by atoms with Crippen LogP contribution < -0.4 is 5.32 Å². The van der Waals surface area contributed by atoms with Gasteiger partial charge in [0, 0.05) is 13.1 Å². The Bertz CT molecular complexity index is 437. The average molecular weight is 257 g/mol. The summed E-state index contributed by atoms with van der Waals surface area (Å²) in [7, 11) is -2.96. The predicted molar refractivity (Wildman–Crippen MR) is 68.7 cm³/mol. The van der Waals surface area contributed by atoms with Crippen LogP contribution in [-0.2, 0) is 16.4 Å². The van der Waals surface area contributed by atoms with Gasteiger partial charge in [-0.1, -0.05) is 12.1 Å². The van der Waals surface area contributed by atoms with Crippen LogP contribution in [0.1, 0.15) is 19.4 Å². The van der Waals surface area contributed by atoms with Crippen molar-refractivity contribution in [2.75, 3.05) is 12.3 Å². The molecular formula is C12H19NO3S. The van der Waals surface area contributed by atoms with Crippen molar-refractivity contribution in [3.8, 4) is 5.75 Å².